The molecular weight excluding hydrogens is 258 g/mol. The largest absolute Gasteiger partial charge is 0.353 e. The first kappa shape index (κ1) is 11.9. The van der Waals surface area contributed by atoms with Gasteiger partial charge in [-0.15, -0.1) is 0 Å². The molecule has 1 aromatic carbocycles. The van der Waals surface area contributed by atoms with Crippen LogP contribution < -0.4 is 0 Å². The molecule has 0 saturated heterocycles. The molecule has 1 atom stereocenters. The van der Waals surface area contributed by atoms with Gasteiger partial charge in [0.2, 0.25) is 5.60 Å². The fourth-order valence-corrected chi connectivity index (χ4v) is 1.76. The van der Waals surface area contributed by atoms with E-state index < -0.39 is 5.60 Å². The Labute approximate surface area is 96.8 Å². The first-order valence-corrected chi connectivity index (χ1v) is 5.09. The fourth-order valence-electron chi connectivity index (χ4n) is 1.36. The van der Waals surface area contributed by atoms with Crippen molar-refractivity contribution < 1.29 is 9.53 Å². The number of Topliss-reactive ketones (excluding diaryl/α,β-unsaturated/α-hetero) is 1. The molecule has 1 unspecified atom stereocenters. The molecule has 78 valence electrons. The van der Waals surface area contributed by atoms with Crippen molar-refractivity contribution in [3.63, 3.8) is 0 Å². The second-order valence-corrected chi connectivity index (χ2v) is 3.98. The fraction of sp³-hybridized carbons (Fsp3) is 0.273. The van der Waals surface area contributed by atoms with E-state index in [0.29, 0.717) is 5.56 Å². The minimum absolute atomic E-state index is 0.328. The molecule has 0 radical (unpaired) electrons. The zero-order chi connectivity index (χ0) is 11.5. The maximum Gasteiger partial charge on any atom is 0.238 e. The minimum atomic E-state index is -1.50. The Kier molecular flexibility index (Phi) is 3.61. The van der Waals surface area contributed by atoms with Crippen LogP contribution in [0.25, 0.3) is 0 Å². The van der Waals surface area contributed by atoms with Crippen LogP contribution in [0, 0.1) is 11.3 Å². The van der Waals surface area contributed by atoms with Crippen LogP contribution >= 0.6 is 15.9 Å². The lowest BCUT2D eigenvalue weighted by Gasteiger charge is -2.22. The topological polar surface area (TPSA) is 50.1 Å². The molecule has 0 spiro atoms. The number of carbonyl (C=O) groups is 1. The SMILES string of the molecule is COC(C#N)(C(C)=O)c1cccc(Br)c1. The lowest BCUT2D eigenvalue weighted by molar-refractivity contribution is -0.133. The average molecular weight is 268 g/mol. The van der Waals surface area contributed by atoms with E-state index in [0.717, 1.165) is 4.47 Å². The number of benzene rings is 1. The van der Waals surface area contributed by atoms with E-state index in [9.17, 15) is 4.79 Å². The number of carbonyl (C=O) groups excluding carboxylic acids is 1. The van der Waals surface area contributed by atoms with Crippen molar-refractivity contribution in [2.75, 3.05) is 7.11 Å². The van der Waals surface area contributed by atoms with E-state index in [1.165, 1.54) is 14.0 Å². The number of hydrogen-bond acceptors (Lipinski definition) is 3. The summed E-state index contributed by atoms with van der Waals surface area (Å²) in [4.78, 5) is 11.5. The minimum Gasteiger partial charge on any atom is -0.353 e. The highest BCUT2D eigenvalue weighted by Gasteiger charge is 2.37. The van der Waals surface area contributed by atoms with Crippen molar-refractivity contribution in [1.82, 2.24) is 0 Å². The molecule has 15 heavy (non-hydrogen) atoms. The Bertz CT molecular complexity index is 425. The normalized spacial score (nSPS) is 14.0. The van der Waals surface area contributed by atoms with Gasteiger partial charge < -0.3 is 4.74 Å². The monoisotopic (exact) mass is 267 g/mol. The van der Waals surface area contributed by atoms with Crippen molar-refractivity contribution in [3.05, 3.63) is 34.3 Å². The van der Waals surface area contributed by atoms with Crippen molar-refractivity contribution >= 4 is 21.7 Å². The smallest absolute Gasteiger partial charge is 0.238 e. The molecule has 0 aliphatic carbocycles. The number of nitriles is 1. The molecule has 0 aromatic heterocycles. The van der Waals surface area contributed by atoms with Gasteiger partial charge in [-0.3, -0.25) is 4.79 Å². The van der Waals surface area contributed by atoms with E-state index in [1.54, 1.807) is 18.2 Å². The molecule has 0 saturated carbocycles. The predicted octanol–water partition coefficient (Wildman–Crippen LogP) is 2.40. The van der Waals surface area contributed by atoms with Gasteiger partial charge in [0.25, 0.3) is 0 Å². The van der Waals surface area contributed by atoms with E-state index >= 15 is 0 Å². The molecule has 1 rings (SSSR count). The summed E-state index contributed by atoms with van der Waals surface area (Å²) < 4.78 is 5.86. The summed E-state index contributed by atoms with van der Waals surface area (Å²) in [6, 6.07) is 8.89. The van der Waals surface area contributed by atoms with Crippen LogP contribution in [0.3, 0.4) is 0 Å². The van der Waals surface area contributed by atoms with Crippen molar-refractivity contribution in [2.45, 2.75) is 12.5 Å². The van der Waals surface area contributed by atoms with Gasteiger partial charge in [-0.2, -0.15) is 5.26 Å². The number of methoxy groups -OCH3 is 1. The molecule has 0 aliphatic rings. The second kappa shape index (κ2) is 4.56. The highest BCUT2D eigenvalue weighted by molar-refractivity contribution is 9.10. The van der Waals surface area contributed by atoms with Gasteiger partial charge >= 0.3 is 0 Å². The van der Waals surface area contributed by atoms with Gasteiger partial charge in [-0.05, 0) is 19.1 Å². The summed E-state index contributed by atoms with van der Waals surface area (Å²) in [6.07, 6.45) is 0. The lowest BCUT2D eigenvalue weighted by Crippen LogP contribution is -2.34. The van der Waals surface area contributed by atoms with Crippen molar-refractivity contribution in [1.29, 1.82) is 5.26 Å². The first-order valence-electron chi connectivity index (χ1n) is 4.30. The summed E-state index contributed by atoms with van der Waals surface area (Å²) in [5.74, 6) is -0.328. The van der Waals surface area contributed by atoms with Gasteiger partial charge in [0, 0.05) is 17.1 Å². The summed E-state index contributed by atoms with van der Waals surface area (Å²) in [6.45, 7) is 1.34. The Balaban J connectivity index is 3.34. The van der Waals surface area contributed by atoms with Crippen LogP contribution in [0.5, 0.6) is 0 Å². The van der Waals surface area contributed by atoms with Crippen LogP contribution in [-0.2, 0) is 15.1 Å². The van der Waals surface area contributed by atoms with E-state index in [2.05, 4.69) is 15.9 Å². The molecule has 0 fully saturated rings. The summed E-state index contributed by atoms with van der Waals surface area (Å²) >= 11 is 3.29. The lowest BCUT2D eigenvalue weighted by atomic mass is 9.91. The quantitative estimate of drug-likeness (QED) is 0.845. The Hall–Kier alpha value is -1.18. The highest BCUT2D eigenvalue weighted by atomic mass is 79.9. The third kappa shape index (κ3) is 2.09. The van der Waals surface area contributed by atoms with Gasteiger partial charge in [0.1, 0.15) is 6.07 Å². The second-order valence-electron chi connectivity index (χ2n) is 3.06. The Morgan fingerprint density at radius 3 is 2.67 bits per heavy atom. The molecule has 0 heterocycles. The first-order chi connectivity index (χ1) is 7.06. The number of nitrogens with zero attached hydrogens (tertiary/aromatic N) is 1. The zero-order valence-corrected chi connectivity index (χ0v) is 10.0. The Morgan fingerprint density at radius 1 is 1.60 bits per heavy atom. The number of ether oxygens (including phenoxy) is 1. The molecule has 3 nitrogen and oxygen atoms in total. The van der Waals surface area contributed by atoms with Crippen LogP contribution in [0.1, 0.15) is 12.5 Å². The number of ketones is 1. The van der Waals surface area contributed by atoms with Crippen LogP contribution in [0.4, 0.5) is 0 Å². The van der Waals surface area contributed by atoms with E-state index in [4.69, 9.17) is 10.00 Å². The third-order valence-electron chi connectivity index (χ3n) is 2.19. The summed E-state index contributed by atoms with van der Waals surface area (Å²) in [5, 5.41) is 9.08. The van der Waals surface area contributed by atoms with Crippen LogP contribution in [0.15, 0.2) is 28.7 Å². The Morgan fingerprint density at radius 2 is 2.27 bits per heavy atom. The number of halogens is 1. The van der Waals surface area contributed by atoms with Gasteiger partial charge in [-0.25, -0.2) is 0 Å². The molecule has 4 heteroatoms. The maximum atomic E-state index is 11.5. The molecule has 0 aliphatic heterocycles. The van der Waals surface area contributed by atoms with Gasteiger partial charge in [0.05, 0.1) is 0 Å². The van der Waals surface area contributed by atoms with Gasteiger partial charge in [-0.1, -0.05) is 28.1 Å². The molecule has 0 bridgehead atoms. The summed E-state index contributed by atoms with van der Waals surface area (Å²) in [7, 11) is 1.35. The van der Waals surface area contributed by atoms with E-state index in [1.807, 2.05) is 12.1 Å². The molecule has 1 aromatic rings. The van der Waals surface area contributed by atoms with Gasteiger partial charge in [0.15, 0.2) is 5.78 Å². The summed E-state index contributed by atoms with van der Waals surface area (Å²) in [5.41, 5.74) is -0.960. The maximum absolute atomic E-state index is 11.5. The van der Waals surface area contributed by atoms with Crippen molar-refractivity contribution in [3.8, 4) is 6.07 Å². The number of hydrogen-bond donors (Lipinski definition) is 0. The van der Waals surface area contributed by atoms with E-state index in [-0.39, 0.29) is 5.78 Å². The highest BCUT2D eigenvalue weighted by Crippen LogP contribution is 2.27. The zero-order valence-electron chi connectivity index (χ0n) is 8.45. The number of rotatable bonds is 3. The molecule has 0 N–H and O–H groups in total. The van der Waals surface area contributed by atoms with Crippen molar-refractivity contribution in [2.24, 2.45) is 0 Å². The third-order valence-corrected chi connectivity index (χ3v) is 2.68. The standard InChI is InChI=1S/C11H10BrNO2/c1-8(14)11(7-13,15-2)9-4-3-5-10(12)6-9/h3-6H,1-2H3. The molecular formula is C11H10BrNO2. The predicted molar refractivity (Wildman–Crippen MR) is 59.1 cm³/mol. The average Bonchev–Trinajstić information content (AvgIpc) is 2.20. The van der Waals surface area contributed by atoms with Crippen LogP contribution in [-0.4, -0.2) is 12.9 Å². The molecule has 0 amide bonds. The van der Waals surface area contributed by atoms with Crippen LogP contribution in [0.2, 0.25) is 0 Å².